The summed E-state index contributed by atoms with van der Waals surface area (Å²) in [6, 6.07) is 13.2. The molecule has 7 nitrogen and oxygen atoms in total. The molecule has 148 valence electrons. The first kappa shape index (κ1) is 19.1. The van der Waals surface area contributed by atoms with Crippen LogP contribution in [0.5, 0.6) is 5.75 Å². The quantitative estimate of drug-likeness (QED) is 0.460. The fourth-order valence-corrected chi connectivity index (χ4v) is 3.95. The Balaban J connectivity index is 1.76. The Kier molecular flexibility index (Phi) is 5.53. The molecule has 4 aromatic rings. The summed E-state index contributed by atoms with van der Waals surface area (Å²) in [6.45, 7) is 5.48. The number of nitrogens with zero attached hydrogens (tertiary/aromatic N) is 5. The van der Waals surface area contributed by atoms with Crippen LogP contribution in [0.2, 0.25) is 0 Å². The fourth-order valence-electron chi connectivity index (χ4n) is 2.97. The summed E-state index contributed by atoms with van der Waals surface area (Å²) < 4.78 is 8.40. The lowest BCUT2D eigenvalue weighted by Crippen LogP contribution is -2.31. The number of thiazole rings is 1. The second-order valence-electron chi connectivity index (χ2n) is 6.30. The largest absolute Gasteiger partial charge is 0.492 e. The van der Waals surface area contributed by atoms with E-state index < -0.39 is 0 Å². The van der Waals surface area contributed by atoms with Gasteiger partial charge in [-0.25, -0.2) is 4.98 Å². The maximum absolute atomic E-state index is 13.3. The van der Waals surface area contributed by atoms with Crippen LogP contribution in [0.25, 0.3) is 10.2 Å². The molecule has 0 saturated carbocycles. The zero-order valence-corrected chi connectivity index (χ0v) is 17.1. The van der Waals surface area contributed by atoms with Gasteiger partial charge in [-0.3, -0.25) is 19.4 Å². The van der Waals surface area contributed by atoms with Gasteiger partial charge in [-0.1, -0.05) is 23.5 Å². The number of carbonyl (C=O) groups is 1. The molecule has 4 rings (SSSR count). The number of carbonyl (C=O) groups excluding carboxylic acids is 1. The summed E-state index contributed by atoms with van der Waals surface area (Å²) in [6.07, 6.45) is 3.52. The number of aromatic nitrogens is 4. The van der Waals surface area contributed by atoms with Crippen LogP contribution in [0.3, 0.4) is 0 Å². The van der Waals surface area contributed by atoms with Gasteiger partial charge in [-0.2, -0.15) is 5.10 Å². The van der Waals surface area contributed by atoms with Gasteiger partial charge in [0, 0.05) is 18.9 Å². The average Bonchev–Trinajstić information content (AvgIpc) is 3.40. The van der Waals surface area contributed by atoms with Gasteiger partial charge in [-0.15, -0.1) is 0 Å². The van der Waals surface area contributed by atoms with Crippen molar-refractivity contribution in [1.82, 2.24) is 19.7 Å². The van der Waals surface area contributed by atoms with Crippen molar-refractivity contribution in [3.05, 3.63) is 66.2 Å². The molecule has 0 spiro atoms. The smallest absolute Gasteiger partial charge is 0.280 e. The highest BCUT2D eigenvalue weighted by Crippen LogP contribution is 2.35. The van der Waals surface area contributed by atoms with Crippen molar-refractivity contribution < 1.29 is 9.53 Å². The van der Waals surface area contributed by atoms with Gasteiger partial charge in [0.2, 0.25) is 0 Å². The van der Waals surface area contributed by atoms with Crippen LogP contribution < -0.4 is 9.64 Å². The van der Waals surface area contributed by atoms with Gasteiger partial charge < -0.3 is 4.74 Å². The maximum Gasteiger partial charge on any atom is 0.280 e. The van der Waals surface area contributed by atoms with Crippen molar-refractivity contribution in [2.75, 3.05) is 11.5 Å². The average molecular weight is 407 g/mol. The molecule has 3 heterocycles. The summed E-state index contributed by atoms with van der Waals surface area (Å²) in [4.78, 5) is 24.1. The molecule has 0 radical (unpaired) electrons. The standard InChI is InChI=1S/C21H21N5O2S/c1-3-25-13-11-16(24-25)20(27)26(14-15-8-5-6-12-22-15)21-23-19-17(28-4-2)9-7-10-18(19)29-21/h5-13H,3-4,14H2,1-2H3. The van der Waals surface area contributed by atoms with E-state index in [1.54, 1.807) is 28.0 Å². The SMILES string of the molecule is CCOc1cccc2sc(N(Cc3ccccn3)C(=O)c3ccn(CC)n3)nc12. The number of anilines is 1. The van der Waals surface area contributed by atoms with Crippen molar-refractivity contribution in [2.24, 2.45) is 0 Å². The van der Waals surface area contributed by atoms with Crippen LogP contribution in [-0.4, -0.2) is 32.3 Å². The van der Waals surface area contributed by atoms with Crippen molar-refractivity contribution in [3.8, 4) is 5.75 Å². The van der Waals surface area contributed by atoms with Crippen LogP contribution in [-0.2, 0) is 13.1 Å². The van der Waals surface area contributed by atoms with Crippen molar-refractivity contribution in [3.63, 3.8) is 0 Å². The van der Waals surface area contributed by atoms with E-state index in [0.29, 0.717) is 36.3 Å². The second kappa shape index (κ2) is 8.40. The molecule has 0 aliphatic rings. The molecular formula is C21H21N5O2S. The number of aryl methyl sites for hydroxylation is 1. The van der Waals surface area contributed by atoms with Crippen molar-refractivity contribution >= 4 is 32.6 Å². The van der Waals surface area contributed by atoms with E-state index in [1.807, 2.05) is 50.2 Å². The van der Waals surface area contributed by atoms with Gasteiger partial charge in [0.15, 0.2) is 10.8 Å². The number of rotatable bonds is 7. The van der Waals surface area contributed by atoms with E-state index in [4.69, 9.17) is 9.72 Å². The number of amides is 1. The maximum atomic E-state index is 13.3. The Labute approximate surface area is 172 Å². The molecule has 0 aliphatic heterocycles. The Morgan fingerprint density at radius 2 is 2.07 bits per heavy atom. The first-order chi connectivity index (χ1) is 14.2. The highest BCUT2D eigenvalue weighted by Gasteiger charge is 2.24. The van der Waals surface area contributed by atoms with E-state index in [9.17, 15) is 4.79 Å². The lowest BCUT2D eigenvalue weighted by Gasteiger charge is -2.18. The lowest BCUT2D eigenvalue weighted by atomic mass is 10.3. The van der Waals surface area contributed by atoms with Gasteiger partial charge in [0.1, 0.15) is 11.3 Å². The third-order valence-corrected chi connectivity index (χ3v) is 5.42. The van der Waals surface area contributed by atoms with E-state index in [-0.39, 0.29) is 5.91 Å². The molecule has 1 amide bonds. The van der Waals surface area contributed by atoms with Gasteiger partial charge in [-0.05, 0) is 44.2 Å². The number of hydrogen-bond donors (Lipinski definition) is 0. The third-order valence-electron chi connectivity index (χ3n) is 4.38. The number of ether oxygens (including phenoxy) is 1. The molecular weight excluding hydrogens is 386 g/mol. The number of benzene rings is 1. The number of pyridine rings is 1. The predicted molar refractivity (Wildman–Crippen MR) is 113 cm³/mol. The fraction of sp³-hybridized carbons (Fsp3) is 0.238. The highest BCUT2D eigenvalue weighted by atomic mass is 32.1. The second-order valence-corrected chi connectivity index (χ2v) is 7.31. The predicted octanol–water partition coefficient (Wildman–Crippen LogP) is 4.15. The number of fused-ring (bicyclic) bond motifs is 1. The molecule has 29 heavy (non-hydrogen) atoms. The molecule has 8 heteroatoms. The lowest BCUT2D eigenvalue weighted by molar-refractivity contribution is 0.0979. The van der Waals surface area contributed by atoms with Crippen molar-refractivity contribution in [1.29, 1.82) is 0 Å². The van der Waals surface area contributed by atoms with E-state index in [2.05, 4.69) is 10.1 Å². The van der Waals surface area contributed by atoms with E-state index in [1.165, 1.54) is 11.3 Å². The van der Waals surface area contributed by atoms with E-state index >= 15 is 0 Å². The minimum Gasteiger partial charge on any atom is -0.492 e. The Hall–Kier alpha value is -3.26. The van der Waals surface area contributed by atoms with Crippen LogP contribution in [0.15, 0.2) is 54.9 Å². The Morgan fingerprint density at radius 3 is 2.79 bits per heavy atom. The first-order valence-electron chi connectivity index (χ1n) is 9.47. The van der Waals surface area contributed by atoms with Crippen LogP contribution in [0.4, 0.5) is 5.13 Å². The van der Waals surface area contributed by atoms with Crippen molar-refractivity contribution in [2.45, 2.75) is 26.9 Å². The Morgan fingerprint density at radius 1 is 1.17 bits per heavy atom. The first-order valence-corrected chi connectivity index (χ1v) is 10.3. The van der Waals surface area contributed by atoms with Gasteiger partial charge in [0.25, 0.3) is 5.91 Å². The van der Waals surface area contributed by atoms with E-state index in [0.717, 1.165) is 15.9 Å². The molecule has 0 saturated heterocycles. The minimum atomic E-state index is -0.208. The zero-order chi connectivity index (χ0) is 20.2. The third kappa shape index (κ3) is 3.97. The highest BCUT2D eigenvalue weighted by molar-refractivity contribution is 7.22. The van der Waals surface area contributed by atoms with Gasteiger partial charge >= 0.3 is 0 Å². The summed E-state index contributed by atoms with van der Waals surface area (Å²) in [5, 5.41) is 4.97. The van der Waals surface area contributed by atoms with Gasteiger partial charge in [0.05, 0.1) is 23.5 Å². The number of para-hydroxylation sites is 1. The zero-order valence-electron chi connectivity index (χ0n) is 16.3. The minimum absolute atomic E-state index is 0.208. The summed E-state index contributed by atoms with van der Waals surface area (Å²) in [7, 11) is 0. The van der Waals surface area contributed by atoms with Crippen LogP contribution in [0, 0.1) is 0 Å². The molecule has 0 unspecified atom stereocenters. The molecule has 1 aromatic carbocycles. The summed E-state index contributed by atoms with van der Waals surface area (Å²) in [5.41, 5.74) is 1.92. The number of hydrogen-bond acceptors (Lipinski definition) is 6. The van der Waals surface area contributed by atoms with Crippen LogP contribution in [0.1, 0.15) is 30.0 Å². The summed E-state index contributed by atoms with van der Waals surface area (Å²) in [5.74, 6) is 0.507. The molecule has 0 atom stereocenters. The molecule has 0 fully saturated rings. The van der Waals surface area contributed by atoms with Crippen LogP contribution >= 0.6 is 11.3 Å². The topological polar surface area (TPSA) is 73.1 Å². The Bertz CT molecular complexity index is 1120. The molecule has 0 bridgehead atoms. The molecule has 0 N–H and O–H groups in total. The molecule has 0 aliphatic carbocycles. The summed E-state index contributed by atoms with van der Waals surface area (Å²) >= 11 is 1.45. The normalized spacial score (nSPS) is 11.0. The monoisotopic (exact) mass is 407 g/mol. The molecule has 3 aromatic heterocycles.